The molecule has 0 bridgehead atoms. The lowest BCUT2D eigenvalue weighted by atomic mass is 10.2. The van der Waals surface area contributed by atoms with Crippen LogP contribution < -0.4 is 5.32 Å². The van der Waals surface area contributed by atoms with Crippen molar-refractivity contribution in [3.05, 3.63) is 40.1 Å². The van der Waals surface area contributed by atoms with Gasteiger partial charge < -0.3 is 19.5 Å². The second-order valence-corrected chi connectivity index (χ2v) is 6.87. The molecule has 0 aromatic carbocycles. The molecule has 0 saturated carbocycles. The summed E-state index contributed by atoms with van der Waals surface area (Å²) in [4.78, 5) is 31.9. The fourth-order valence-corrected chi connectivity index (χ4v) is 3.53. The van der Waals surface area contributed by atoms with E-state index < -0.39 is 0 Å². The van der Waals surface area contributed by atoms with Gasteiger partial charge in [0, 0.05) is 30.8 Å². The largest absolute Gasteiger partial charge is 0.372 e. The Bertz CT molecular complexity index is 741. The van der Waals surface area contributed by atoms with Crippen molar-refractivity contribution >= 4 is 23.2 Å². The predicted molar refractivity (Wildman–Crippen MR) is 94.3 cm³/mol. The molecule has 2 aromatic heterocycles. The maximum Gasteiger partial charge on any atom is 0.271 e. The third-order valence-corrected chi connectivity index (χ3v) is 5.09. The van der Waals surface area contributed by atoms with E-state index in [1.54, 1.807) is 22.4 Å². The Balaban J connectivity index is 1.67. The number of thiophene rings is 1. The number of aromatic nitrogens is 2. The molecule has 134 valence electrons. The van der Waals surface area contributed by atoms with Crippen LogP contribution in [0.25, 0.3) is 0 Å². The average Bonchev–Trinajstić information content (AvgIpc) is 3.27. The molecule has 3 heterocycles. The van der Waals surface area contributed by atoms with Gasteiger partial charge in [0.25, 0.3) is 5.91 Å². The first-order valence-electron chi connectivity index (χ1n) is 8.35. The van der Waals surface area contributed by atoms with Gasteiger partial charge in [-0.25, -0.2) is 4.98 Å². The number of imidazole rings is 1. The van der Waals surface area contributed by atoms with Crippen molar-refractivity contribution in [2.45, 2.75) is 33.0 Å². The molecule has 2 amide bonds. The van der Waals surface area contributed by atoms with Crippen molar-refractivity contribution in [1.82, 2.24) is 19.8 Å². The fraction of sp³-hybridized carbons (Fsp3) is 0.471. The van der Waals surface area contributed by atoms with Gasteiger partial charge >= 0.3 is 0 Å². The standard InChI is InChI=1S/C17H22N4O3S/c1-3-24-11-15(22)21-7-6-20-10-14(19-16(20)12(21)2)17(23)18-9-13-5-4-8-25-13/h4-5,8,10,12H,3,6-7,9,11H2,1-2H3,(H,18,23)/t12-/m1/s1. The normalized spacial score (nSPS) is 16.6. The first-order valence-corrected chi connectivity index (χ1v) is 9.23. The lowest BCUT2D eigenvalue weighted by molar-refractivity contribution is -0.139. The zero-order valence-electron chi connectivity index (χ0n) is 14.4. The van der Waals surface area contributed by atoms with E-state index in [4.69, 9.17) is 4.74 Å². The number of nitrogens with zero attached hydrogens (tertiary/aromatic N) is 3. The van der Waals surface area contributed by atoms with Crippen LogP contribution in [0.15, 0.2) is 23.7 Å². The summed E-state index contributed by atoms with van der Waals surface area (Å²) >= 11 is 1.60. The highest BCUT2D eigenvalue weighted by atomic mass is 32.1. The van der Waals surface area contributed by atoms with Gasteiger partial charge in [-0.15, -0.1) is 11.3 Å². The molecule has 1 aliphatic rings. The molecular formula is C17H22N4O3S. The van der Waals surface area contributed by atoms with Crippen LogP contribution in [0.1, 0.15) is 41.1 Å². The molecule has 8 heteroatoms. The zero-order chi connectivity index (χ0) is 17.8. The highest BCUT2D eigenvalue weighted by Gasteiger charge is 2.30. The Morgan fingerprint density at radius 1 is 1.44 bits per heavy atom. The molecule has 1 aliphatic heterocycles. The summed E-state index contributed by atoms with van der Waals surface area (Å²) in [5.74, 6) is 0.486. The summed E-state index contributed by atoms with van der Waals surface area (Å²) in [6, 6.07) is 3.75. The number of nitrogens with one attached hydrogen (secondary N) is 1. The third kappa shape index (κ3) is 3.91. The predicted octanol–water partition coefficient (Wildman–Crippen LogP) is 1.81. The molecule has 0 fully saturated rings. The molecule has 2 aromatic rings. The van der Waals surface area contributed by atoms with Gasteiger partial charge in [0.05, 0.1) is 12.6 Å². The Labute approximate surface area is 150 Å². The second kappa shape index (κ2) is 7.79. The van der Waals surface area contributed by atoms with E-state index in [2.05, 4.69) is 10.3 Å². The van der Waals surface area contributed by atoms with Gasteiger partial charge in [-0.2, -0.15) is 0 Å². The van der Waals surface area contributed by atoms with Crippen molar-refractivity contribution in [2.24, 2.45) is 0 Å². The van der Waals surface area contributed by atoms with E-state index in [0.717, 1.165) is 10.7 Å². The maximum absolute atomic E-state index is 12.3. The lowest BCUT2D eigenvalue weighted by Gasteiger charge is -2.33. The van der Waals surface area contributed by atoms with E-state index in [-0.39, 0.29) is 24.5 Å². The maximum atomic E-state index is 12.3. The first kappa shape index (κ1) is 17.6. The topological polar surface area (TPSA) is 76.5 Å². The number of carbonyl (C=O) groups is 2. The molecule has 0 unspecified atom stereocenters. The molecular weight excluding hydrogens is 340 g/mol. The van der Waals surface area contributed by atoms with Crippen LogP contribution in [0, 0.1) is 0 Å². The lowest BCUT2D eigenvalue weighted by Crippen LogP contribution is -2.42. The Kier molecular flexibility index (Phi) is 5.50. The molecule has 0 spiro atoms. The fourth-order valence-electron chi connectivity index (χ4n) is 2.88. The van der Waals surface area contributed by atoms with Crippen molar-refractivity contribution < 1.29 is 14.3 Å². The molecule has 0 radical (unpaired) electrons. The number of hydrogen-bond donors (Lipinski definition) is 1. The minimum Gasteiger partial charge on any atom is -0.372 e. The minimum absolute atomic E-state index is 0.0488. The van der Waals surface area contributed by atoms with Crippen molar-refractivity contribution in [3.63, 3.8) is 0 Å². The summed E-state index contributed by atoms with van der Waals surface area (Å²) in [7, 11) is 0. The summed E-state index contributed by atoms with van der Waals surface area (Å²) in [6.07, 6.45) is 1.76. The van der Waals surface area contributed by atoms with E-state index >= 15 is 0 Å². The summed E-state index contributed by atoms with van der Waals surface area (Å²) in [6.45, 7) is 6.09. The van der Waals surface area contributed by atoms with Gasteiger partial charge in [-0.1, -0.05) is 6.07 Å². The van der Waals surface area contributed by atoms with Gasteiger partial charge in [0.1, 0.15) is 18.1 Å². The summed E-state index contributed by atoms with van der Waals surface area (Å²) in [5, 5.41) is 4.86. The van der Waals surface area contributed by atoms with E-state index in [0.29, 0.717) is 31.9 Å². The van der Waals surface area contributed by atoms with Crippen molar-refractivity contribution in [3.8, 4) is 0 Å². The summed E-state index contributed by atoms with van der Waals surface area (Å²) < 4.78 is 7.17. The van der Waals surface area contributed by atoms with Crippen LogP contribution in [0.3, 0.4) is 0 Å². The zero-order valence-corrected chi connectivity index (χ0v) is 15.2. The highest BCUT2D eigenvalue weighted by Crippen LogP contribution is 2.24. The molecule has 1 atom stereocenters. The van der Waals surface area contributed by atoms with Crippen LogP contribution >= 0.6 is 11.3 Å². The number of hydrogen-bond acceptors (Lipinski definition) is 5. The van der Waals surface area contributed by atoms with Gasteiger partial charge in [0.2, 0.25) is 5.91 Å². The molecule has 0 aliphatic carbocycles. The van der Waals surface area contributed by atoms with Crippen LogP contribution in [0.2, 0.25) is 0 Å². The number of ether oxygens (including phenoxy) is 1. The first-order chi connectivity index (χ1) is 12.1. The third-order valence-electron chi connectivity index (χ3n) is 4.22. The van der Waals surface area contributed by atoms with Crippen LogP contribution in [0.4, 0.5) is 0 Å². The van der Waals surface area contributed by atoms with Gasteiger partial charge in [-0.3, -0.25) is 9.59 Å². The van der Waals surface area contributed by atoms with Crippen LogP contribution in [0.5, 0.6) is 0 Å². The number of carbonyl (C=O) groups excluding carboxylic acids is 2. The molecule has 7 nitrogen and oxygen atoms in total. The van der Waals surface area contributed by atoms with E-state index in [9.17, 15) is 9.59 Å². The number of amides is 2. The average molecular weight is 362 g/mol. The Hall–Kier alpha value is -2.19. The molecule has 25 heavy (non-hydrogen) atoms. The van der Waals surface area contributed by atoms with Gasteiger partial charge in [-0.05, 0) is 25.3 Å². The highest BCUT2D eigenvalue weighted by molar-refractivity contribution is 7.09. The monoisotopic (exact) mass is 362 g/mol. The van der Waals surface area contributed by atoms with E-state index in [1.807, 2.05) is 35.9 Å². The molecule has 0 saturated heterocycles. The van der Waals surface area contributed by atoms with Crippen molar-refractivity contribution in [1.29, 1.82) is 0 Å². The van der Waals surface area contributed by atoms with Gasteiger partial charge in [0.15, 0.2) is 0 Å². The minimum atomic E-state index is -0.199. The van der Waals surface area contributed by atoms with Crippen LogP contribution in [-0.2, 0) is 22.6 Å². The Morgan fingerprint density at radius 3 is 3.00 bits per heavy atom. The SMILES string of the molecule is CCOCC(=O)N1CCn2cc(C(=O)NCc3cccs3)nc2[C@H]1C. The number of rotatable bonds is 6. The quantitative estimate of drug-likeness (QED) is 0.850. The second-order valence-electron chi connectivity index (χ2n) is 5.84. The van der Waals surface area contributed by atoms with Crippen molar-refractivity contribution in [2.75, 3.05) is 19.8 Å². The molecule has 1 N–H and O–H groups in total. The van der Waals surface area contributed by atoms with E-state index in [1.165, 1.54) is 0 Å². The summed E-state index contributed by atoms with van der Waals surface area (Å²) in [5.41, 5.74) is 0.387. The molecule has 3 rings (SSSR count). The Morgan fingerprint density at radius 2 is 2.28 bits per heavy atom. The smallest absolute Gasteiger partial charge is 0.271 e. The van der Waals surface area contributed by atoms with Crippen LogP contribution in [-0.4, -0.2) is 46.0 Å². The number of fused-ring (bicyclic) bond motifs is 1.